The molecule has 0 radical (unpaired) electrons. The molecule has 2 aromatic heterocycles. The molecular formula is C49H26N6O4+2. The zero-order chi connectivity index (χ0) is 39.1. The van der Waals surface area contributed by atoms with Crippen LogP contribution in [-0.4, -0.2) is 63.5 Å². The lowest BCUT2D eigenvalue weighted by Gasteiger charge is -2.41. The van der Waals surface area contributed by atoms with E-state index in [0.29, 0.717) is 0 Å². The van der Waals surface area contributed by atoms with Gasteiger partial charge in [0.1, 0.15) is 0 Å². The Morgan fingerprint density at radius 3 is 1.24 bits per heavy atom. The molecule has 274 valence electrons. The number of nitrogens with zero attached hydrogens (tertiary/aromatic N) is 6. The number of aliphatic imine (C=N–C) groups is 2. The van der Waals surface area contributed by atoms with Crippen LogP contribution in [0.25, 0.3) is 32.7 Å². The number of carboxylic acids is 2. The summed E-state index contributed by atoms with van der Waals surface area (Å²) in [6.07, 6.45) is 0. The highest BCUT2D eigenvalue weighted by molar-refractivity contribution is 6.39. The van der Waals surface area contributed by atoms with Crippen molar-refractivity contribution < 1.29 is 29.0 Å². The quantitative estimate of drug-likeness (QED) is 0.204. The second-order valence-electron chi connectivity index (χ2n) is 15.6. The Morgan fingerprint density at radius 1 is 0.458 bits per heavy atom. The van der Waals surface area contributed by atoms with Crippen LogP contribution in [0.15, 0.2) is 156 Å². The number of carbonyl (C=O) groups is 2. The van der Waals surface area contributed by atoms with Crippen molar-refractivity contribution in [2.45, 2.75) is 5.91 Å². The first-order chi connectivity index (χ1) is 29.0. The lowest BCUT2D eigenvalue weighted by Crippen LogP contribution is -2.72. The maximum absolute atomic E-state index is 12.2. The molecule has 14 rings (SSSR count). The monoisotopic (exact) mass is 762 g/mol. The summed E-state index contributed by atoms with van der Waals surface area (Å²) in [6.45, 7) is 0. The number of benzene rings is 6. The number of aromatic carboxylic acids is 2. The first-order valence-corrected chi connectivity index (χ1v) is 19.4. The number of amidine groups is 2. The molecule has 0 saturated carbocycles. The minimum absolute atomic E-state index is 0.205. The summed E-state index contributed by atoms with van der Waals surface area (Å²) < 4.78 is 9.59. The minimum Gasteiger partial charge on any atom is -0.478 e. The Balaban J connectivity index is 1.31. The number of fused-ring (bicyclic) bond motifs is 12. The molecule has 10 heteroatoms. The van der Waals surface area contributed by atoms with Gasteiger partial charge in [-0.25, -0.2) is 14.2 Å². The van der Waals surface area contributed by atoms with Crippen LogP contribution < -0.4 is 10.7 Å². The highest BCUT2D eigenvalue weighted by Gasteiger charge is 2.71. The third-order valence-electron chi connectivity index (χ3n) is 12.8. The topological polar surface area (TPSA) is 115 Å². The molecule has 1 spiro atoms. The second kappa shape index (κ2) is 10.2. The standard InChI is InChI=1S/C49H24N6O4/c56-47(57)27-21-17-25(18-22-27)37-39-29-9-1-2-10-30(29)40-38(26-19-23-28(24-20-26)48(58)59)42-32-12-4-6-14-34(32)44-51-46-36-16-8-7-15-35(36)45-50-43-33-13-5-3-11-31(33)41(37)53(43)49(52(39)40,54(42)44)55(45)46/h1-24H/p+2. The van der Waals surface area contributed by atoms with E-state index in [1.54, 1.807) is 24.3 Å². The van der Waals surface area contributed by atoms with Crippen molar-refractivity contribution in [3.05, 3.63) is 201 Å². The van der Waals surface area contributed by atoms with Crippen LogP contribution in [0, 0.1) is 0 Å². The predicted molar refractivity (Wildman–Crippen MR) is 222 cm³/mol. The maximum atomic E-state index is 12.2. The molecule has 0 unspecified atom stereocenters. The summed E-state index contributed by atoms with van der Waals surface area (Å²) in [6, 6.07) is 48.1. The molecule has 6 aliphatic rings. The van der Waals surface area contributed by atoms with Crippen LogP contribution in [0.4, 0.5) is 11.6 Å². The number of rotatable bonds is 4. The maximum Gasteiger partial charge on any atom is 0.441 e. The molecule has 10 nitrogen and oxygen atoms in total. The minimum atomic E-state index is -1.17. The Labute approximate surface area is 333 Å². The molecule has 6 aromatic carbocycles. The first-order valence-electron chi connectivity index (χ1n) is 19.4. The molecular weight excluding hydrogens is 737 g/mol. The fourth-order valence-corrected chi connectivity index (χ4v) is 10.7. The normalized spacial score (nSPS) is 16.5. The summed E-state index contributed by atoms with van der Waals surface area (Å²) in [7, 11) is 0. The highest BCUT2D eigenvalue weighted by Crippen LogP contribution is 2.54. The largest absolute Gasteiger partial charge is 0.478 e. The van der Waals surface area contributed by atoms with Gasteiger partial charge in [-0.3, -0.25) is 0 Å². The average molecular weight is 763 g/mol. The summed E-state index contributed by atoms with van der Waals surface area (Å²) in [4.78, 5) is 35.6. The molecule has 0 fully saturated rings. The number of hydrogen-bond donors (Lipinski definition) is 2. The van der Waals surface area contributed by atoms with Crippen LogP contribution >= 0.6 is 0 Å². The molecule has 0 amide bonds. The Bertz CT molecular complexity index is 3470. The predicted octanol–water partition coefficient (Wildman–Crippen LogP) is 6.35. The van der Waals surface area contributed by atoms with Crippen molar-refractivity contribution in [1.29, 1.82) is 0 Å². The first kappa shape index (κ1) is 30.9. The summed E-state index contributed by atoms with van der Waals surface area (Å²) in [5, 5.41) is 25.9. The molecule has 2 N–H and O–H groups in total. The Morgan fingerprint density at radius 2 is 0.831 bits per heavy atom. The lowest BCUT2D eigenvalue weighted by molar-refractivity contribution is -0.788. The van der Waals surface area contributed by atoms with E-state index in [1.807, 2.05) is 24.3 Å². The zero-order valence-electron chi connectivity index (χ0n) is 30.8. The van der Waals surface area contributed by atoms with E-state index in [1.165, 1.54) is 0 Å². The Hall–Kier alpha value is -8.24. The van der Waals surface area contributed by atoms with E-state index < -0.39 is 17.8 Å². The van der Waals surface area contributed by atoms with Gasteiger partial charge in [0.15, 0.2) is 11.4 Å². The van der Waals surface area contributed by atoms with E-state index >= 15 is 0 Å². The van der Waals surface area contributed by atoms with Crippen LogP contribution in [0.2, 0.25) is 0 Å². The van der Waals surface area contributed by atoms with Gasteiger partial charge >= 0.3 is 29.5 Å². The van der Waals surface area contributed by atoms with Crippen molar-refractivity contribution in [3.63, 3.8) is 0 Å². The molecule has 6 aliphatic heterocycles. The van der Waals surface area contributed by atoms with Gasteiger partial charge in [-0.05, 0) is 81.8 Å². The molecule has 8 aromatic rings. The van der Waals surface area contributed by atoms with E-state index in [-0.39, 0.29) is 11.1 Å². The molecule has 0 bridgehead atoms. The van der Waals surface area contributed by atoms with Crippen LogP contribution in [0.3, 0.4) is 0 Å². The van der Waals surface area contributed by atoms with Crippen molar-refractivity contribution >= 4 is 79.4 Å². The fraction of sp³-hybridized carbons (Fsp3) is 0.0204. The fourth-order valence-electron chi connectivity index (χ4n) is 10.7. The van der Waals surface area contributed by atoms with E-state index in [0.717, 1.165) is 112 Å². The van der Waals surface area contributed by atoms with Crippen LogP contribution in [0.1, 0.15) is 54.1 Å². The highest BCUT2D eigenvalue weighted by atomic mass is 16.4. The van der Waals surface area contributed by atoms with Gasteiger partial charge in [0.25, 0.3) is 11.6 Å². The summed E-state index contributed by atoms with van der Waals surface area (Å²) in [5.74, 6) is 0.0631. The average Bonchev–Trinajstić information content (AvgIpc) is 4.00. The molecule has 8 heterocycles. The van der Waals surface area contributed by atoms with E-state index in [9.17, 15) is 19.8 Å². The summed E-state index contributed by atoms with van der Waals surface area (Å²) >= 11 is 0. The number of hydrogen-bond acceptors (Lipinski definition) is 4. The molecule has 0 aliphatic carbocycles. The third-order valence-corrected chi connectivity index (χ3v) is 12.8. The third kappa shape index (κ3) is 3.36. The van der Waals surface area contributed by atoms with Crippen molar-refractivity contribution in [2.75, 3.05) is 0 Å². The lowest BCUT2D eigenvalue weighted by atomic mass is 9.92. The van der Waals surface area contributed by atoms with Crippen molar-refractivity contribution in [2.24, 2.45) is 9.98 Å². The van der Waals surface area contributed by atoms with Gasteiger partial charge in [-0.2, -0.15) is 4.57 Å². The molecule has 0 saturated heterocycles. The molecule has 59 heavy (non-hydrogen) atoms. The van der Waals surface area contributed by atoms with Gasteiger partial charge in [-0.1, -0.05) is 84.9 Å². The van der Waals surface area contributed by atoms with E-state index in [2.05, 4.69) is 115 Å². The van der Waals surface area contributed by atoms with Crippen molar-refractivity contribution in [1.82, 2.24) is 9.13 Å². The SMILES string of the molecule is O=C(O)c1ccc(C2=c3c4ccccc4c4n3C35n6c(c7ccccc7c6N=C6c7ccccc7C(=[N+]63)C=4c3ccc(C(=O)O)cc3)N=C3c4ccccc4C2=[N+]35)cc1. The van der Waals surface area contributed by atoms with Crippen molar-refractivity contribution in [3.8, 4) is 0 Å². The second-order valence-corrected chi connectivity index (χ2v) is 15.6. The van der Waals surface area contributed by atoms with Crippen LogP contribution in [0.5, 0.6) is 0 Å². The van der Waals surface area contributed by atoms with Gasteiger partial charge in [0.05, 0.1) is 54.9 Å². The van der Waals surface area contributed by atoms with Crippen LogP contribution in [-0.2, 0) is 5.91 Å². The van der Waals surface area contributed by atoms with Gasteiger partial charge < -0.3 is 10.2 Å². The Kier molecular flexibility index (Phi) is 5.34. The van der Waals surface area contributed by atoms with Gasteiger partial charge in [0, 0.05) is 21.9 Å². The van der Waals surface area contributed by atoms with E-state index in [4.69, 9.17) is 9.98 Å². The number of aromatic nitrogens is 2. The smallest absolute Gasteiger partial charge is 0.441 e. The zero-order valence-corrected chi connectivity index (χ0v) is 30.8. The van der Waals surface area contributed by atoms with Gasteiger partial charge in [0.2, 0.25) is 0 Å². The number of carboxylic acid groups (broad SMARTS) is 2. The summed E-state index contributed by atoms with van der Waals surface area (Å²) in [5.41, 5.74) is 9.98. The van der Waals surface area contributed by atoms with Gasteiger partial charge in [-0.15, -0.1) is 9.15 Å². The molecule has 0 atom stereocenters.